The van der Waals surface area contributed by atoms with Gasteiger partial charge in [-0.15, -0.1) is 0 Å². The average molecular weight is 170 g/mol. The summed E-state index contributed by atoms with van der Waals surface area (Å²) in [5.74, 6) is 0. The molecule has 0 spiro atoms. The summed E-state index contributed by atoms with van der Waals surface area (Å²) in [4.78, 5) is 0. The highest BCUT2D eigenvalue weighted by molar-refractivity contribution is 4.81. The highest BCUT2D eigenvalue weighted by Crippen LogP contribution is 2.18. The topological polar surface area (TPSA) is 24.1 Å². The van der Waals surface area contributed by atoms with Crippen molar-refractivity contribution >= 4 is 0 Å². The SMILES string of the molecule is CNC1CCCC(NC(C)C)C1. The van der Waals surface area contributed by atoms with Gasteiger partial charge in [-0.2, -0.15) is 0 Å². The molecule has 0 heterocycles. The highest BCUT2D eigenvalue weighted by atomic mass is 15.0. The van der Waals surface area contributed by atoms with Crippen LogP contribution in [0.3, 0.4) is 0 Å². The van der Waals surface area contributed by atoms with Crippen LogP contribution in [-0.4, -0.2) is 25.2 Å². The van der Waals surface area contributed by atoms with Crippen LogP contribution >= 0.6 is 0 Å². The Morgan fingerprint density at radius 2 is 1.83 bits per heavy atom. The Hall–Kier alpha value is -0.0800. The predicted molar refractivity (Wildman–Crippen MR) is 53.4 cm³/mol. The quantitative estimate of drug-likeness (QED) is 0.671. The number of hydrogen-bond acceptors (Lipinski definition) is 2. The van der Waals surface area contributed by atoms with Crippen LogP contribution in [-0.2, 0) is 0 Å². The first-order valence-corrected chi connectivity index (χ1v) is 5.15. The Balaban J connectivity index is 2.25. The van der Waals surface area contributed by atoms with Crippen LogP contribution < -0.4 is 10.6 Å². The smallest absolute Gasteiger partial charge is 0.00842 e. The van der Waals surface area contributed by atoms with Gasteiger partial charge < -0.3 is 10.6 Å². The summed E-state index contributed by atoms with van der Waals surface area (Å²) in [5.41, 5.74) is 0. The summed E-state index contributed by atoms with van der Waals surface area (Å²) in [6.07, 6.45) is 5.38. The van der Waals surface area contributed by atoms with Crippen LogP contribution in [0.5, 0.6) is 0 Å². The molecular formula is C10H22N2. The van der Waals surface area contributed by atoms with Gasteiger partial charge in [0.25, 0.3) is 0 Å². The number of rotatable bonds is 3. The lowest BCUT2D eigenvalue weighted by Crippen LogP contribution is -2.43. The van der Waals surface area contributed by atoms with Gasteiger partial charge in [0.2, 0.25) is 0 Å². The van der Waals surface area contributed by atoms with Gasteiger partial charge in [0.05, 0.1) is 0 Å². The zero-order valence-corrected chi connectivity index (χ0v) is 8.56. The zero-order valence-electron chi connectivity index (χ0n) is 8.56. The first-order valence-electron chi connectivity index (χ1n) is 5.15. The van der Waals surface area contributed by atoms with Crippen molar-refractivity contribution in [3.8, 4) is 0 Å². The standard InChI is InChI=1S/C10H22N2/c1-8(2)12-10-6-4-5-9(7-10)11-3/h8-12H,4-7H2,1-3H3. The van der Waals surface area contributed by atoms with Crippen molar-refractivity contribution < 1.29 is 0 Å². The zero-order chi connectivity index (χ0) is 8.97. The maximum atomic E-state index is 3.61. The molecule has 0 saturated heterocycles. The van der Waals surface area contributed by atoms with Gasteiger partial charge in [-0.25, -0.2) is 0 Å². The van der Waals surface area contributed by atoms with Crippen LogP contribution in [0.15, 0.2) is 0 Å². The van der Waals surface area contributed by atoms with E-state index in [1.165, 1.54) is 25.7 Å². The van der Waals surface area contributed by atoms with Gasteiger partial charge in [-0.1, -0.05) is 20.3 Å². The number of nitrogens with one attached hydrogen (secondary N) is 2. The maximum absolute atomic E-state index is 3.61. The minimum Gasteiger partial charge on any atom is -0.317 e. The van der Waals surface area contributed by atoms with Crippen LogP contribution in [0.2, 0.25) is 0 Å². The molecule has 1 rings (SSSR count). The normalized spacial score (nSPS) is 31.0. The van der Waals surface area contributed by atoms with Crippen molar-refractivity contribution in [2.24, 2.45) is 0 Å². The lowest BCUT2D eigenvalue weighted by molar-refractivity contribution is 0.300. The molecule has 1 fully saturated rings. The van der Waals surface area contributed by atoms with Crippen molar-refractivity contribution in [2.45, 2.75) is 57.7 Å². The molecule has 0 aromatic rings. The van der Waals surface area contributed by atoms with Crippen LogP contribution in [0, 0.1) is 0 Å². The molecule has 1 aliphatic rings. The summed E-state index contributed by atoms with van der Waals surface area (Å²) >= 11 is 0. The Kier molecular flexibility index (Phi) is 4.02. The first kappa shape index (κ1) is 10.0. The van der Waals surface area contributed by atoms with Gasteiger partial charge in [-0.05, 0) is 26.3 Å². The van der Waals surface area contributed by atoms with Gasteiger partial charge in [0.1, 0.15) is 0 Å². The molecular weight excluding hydrogens is 148 g/mol. The summed E-state index contributed by atoms with van der Waals surface area (Å²) in [6.45, 7) is 4.45. The first-order chi connectivity index (χ1) is 5.72. The molecule has 2 heteroatoms. The van der Waals surface area contributed by atoms with Crippen molar-refractivity contribution in [2.75, 3.05) is 7.05 Å². The van der Waals surface area contributed by atoms with E-state index < -0.39 is 0 Å². The molecule has 2 unspecified atom stereocenters. The summed E-state index contributed by atoms with van der Waals surface area (Å²) < 4.78 is 0. The third-order valence-corrected chi connectivity index (χ3v) is 2.65. The minimum absolute atomic E-state index is 0.630. The molecule has 0 radical (unpaired) electrons. The van der Waals surface area contributed by atoms with E-state index >= 15 is 0 Å². The molecule has 0 aliphatic heterocycles. The second-order valence-corrected chi connectivity index (χ2v) is 4.17. The molecule has 0 amide bonds. The van der Waals surface area contributed by atoms with E-state index in [2.05, 4.69) is 31.5 Å². The predicted octanol–water partition coefficient (Wildman–Crippen LogP) is 1.51. The van der Waals surface area contributed by atoms with E-state index in [4.69, 9.17) is 0 Å². The van der Waals surface area contributed by atoms with E-state index in [0.29, 0.717) is 6.04 Å². The monoisotopic (exact) mass is 170 g/mol. The number of hydrogen-bond donors (Lipinski definition) is 2. The van der Waals surface area contributed by atoms with Gasteiger partial charge >= 0.3 is 0 Å². The second-order valence-electron chi connectivity index (χ2n) is 4.17. The van der Waals surface area contributed by atoms with Crippen LogP contribution in [0.25, 0.3) is 0 Å². The molecule has 72 valence electrons. The molecule has 0 aromatic carbocycles. The van der Waals surface area contributed by atoms with E-state index in [0.717, 1.165) is 12.1 Å². The van der Waals surface area contributed by atoms with Crippen LogP contribution in [0.1, 0.15) is 39.5 Å². The summed E-state index contributed by atoms with van der Waals surface area (Å²) in [5, 5.41) is 6.97. The lowest BCUT2D eigenvalue weighted by Gasteiger charge is -2.30. The van der Waals surface area contributed by atoms with Crippen LogP contribution in [0.4, 0.5) is 0 Å². The van der Waals surface area contributed by atoms with Gasteiger partial charge in [-0.3, -0.25) is 0 Å². The van der Waals surface area contributed by atoms with Crippen molar-refractivity contribution in [3.05, 3.63) is 0 Å². The van der Waals surface area contributed by atoms with Gasteiger partial charge in [0.15, 0.2) is 0 Å². The third kappa shape index (κ3) is 3.11. The van der Waals surface area contributed by atoms with E-state index in [1.807, 2.05) is 0 Å². The molecule has 12 heavy (non-hydrogen) atoms. The second kappa shape index (κ2) is 4.83. The molecule has 0 bridgehead atoms. The highest BCUT2D eigenvalue weighted by Gasteiger charge is 2.20. The molecule has 2 atom stereocenters. The van der Waals surface area contributed by atoms with Crippen molar-refractivity contribution in [3.63, 3.8) is 0 Å². The lowest BCUT2D eigenvalue weighted by atomic mass is 9.91. The summed E-state index contributed by atoms with van der Waals surface area (Å²) in [7, 11) is 2.07. The fraction of sp³-hybridized carbons (Fsp3) is 1.00. The Morgan fingerprint density at radius 3 is 2.42 bits per heavy atom. The molecule has 2 N–H and O–H groups in total. The Morgan fingerprint density at radius 1 is 1.17 bits per heavy atom. The molecule has 2 nitrogen and oxygen atoms in total. The van der Waals surface area contributed by atoms with Crippen molar-refractivity contribution in [1.29, 1.82) is 0 Å². The fourth-order valence-corrected chi connectivity index (χ4v) is 2.07. The molecule has 1 aliphatic carbocycles. The Labute approximate surface area is 76.1 Å². The average Bonchev–Trinajstić information content (AvgIpc) is 2.03. The fourth-order valence-electron chi connectivity index (χ4n) is 2.07. The van der Waals surface area contributed by atoms with Gasteiger partial charge in [0, 0.05) is 18.1 Å². The molecule has 0 aromatic heterocycles. The minimum atomic E-state index is 0.630. The third-order valence-electron chi connectivity index (χ3n) is 2.65. The van der Waals surface area contributed by atoms with E-state index in [1.54, 1.807) is 0 Å². The summed E-state index contributed by atoms with van der Waals surface area (Å²) in [6, 6.07) is 2.12. The Bertz CT molecular complexity index is 123. The molecule has 1 saturated carbocycles. The van der Waals surface area contributed by atoms with E-state index in [-0.39, 0.29) is 0 Å². The van der Waals surface area contributed by atoms with E-state index in [9.17, 15) is 0 Å². The van der Waals surface area contributed by atoms with Crippen molar-refractivity contribution in [1.82, 2.24) is 10.6 Å². The largest absolute Gasteiger partial charge is 0.317 e. The maximum Gasteiger partial charge on any atom is 0.00842 e.